The summed E-state index contributed by atoms with van der Waals surface area (Å²) in [7, 11) is 1.60. The van der Waals surface area contributed by atoms with E-state index < -0.39 is 17.7 Å². The summed E-state index contributed by atoms with van der Waals surface area (Å²) in [4.78, 5) is 28.2. The molecule has 0 aromatic heterocycles. The lowest BCUT2D eigenvalue weighted by Gasteiger charge is -2.26. The summed E-state index contributed by atoms with van der Waals surface area (Å²) >= 11 is 0. The molecule has 1 atom stereocenters. The van der Waals surface area contributed by atoms with Gasteiger partial charge >= 0.3 is 0 Å². The number of aliphatic hydroxyl groups is 1. The zero-order valence-electron chi connectivity index (χ0n) is 25.2. The number of methoxy groups -OCH3 is 1. The molecule has 1 amide bonds. The van der Waals surface area contributed by atoms with Gasteiger partial charge in [0.1, 0.15) is 5.75 Å². The number of aliphatic hydroxyl groups excluding tert-OH is 1. The minimum absolute atomic E-state index is 0.137. The van der Waals surface area contributed by atoms with Gasteiger partial charge in [0.15, 0.2) is 11.5 Å². The molecule has 0 aliphatic carbocycles. The molecule has 5 heteroatoms. The smallest absolute Gasteiger partial charge is 0.290 e. The maximum atomic E-state index is 13.3. The van der Waals surface area contributed by atoms with Gasteiger partial charge in [-0.3, -0.25) is 9.59 Å². The van der Waals surface area contributed by atoms with Gasteiger partial charge < -0.3 is 14.7 Å². The van der Waals surface area contributed by atoms with E-state index in [9.17, 15) is 14.7 Å². The minimum atomic E-state index is -0.622. The number of carbonyl (C=O) groups excluding carboxylic acids is 2. The maximum Gasteiger partial charge on any atom is 0.290 e. The largest absolute Gasteiger partial charge is 0.503 e. The molecule has 2 aromatic rings. The molecule has 1 heterocycles. The van der Waals surface area contributed by atoms with Gasteiger partial charge in [-0.25, -0.2) is 0 Å². The van der Waals surface area contributed by atoms with Gasteiger partial charge in [0.25, 0.3) is 5.91 Å². The summed E-state index contributed by atoms with van der Waals surface area (Å²) in [6.07, 6.45) is 20.8. The molecule has 0 saturated carbocycles. The topological polar surface area (TPSA) is 66.8 Å². The van der Waals surface area contributed by atoms with Crippen LogP contribution in [0.1, 0.15) is 114 Å². The molecule has 2 aromatic carbocycles. The number of ketones is 1. The monoisotopic (exact) mass is 559 g/mol. The minimum Gasteiger partial charge on any atom is -0.503 e. The second kappa shape index (κ2) is 18.2. The molecule has 1 aliphatic rings. The van der Waals surface area contributed by atoms with Crippen molar-refractivity contribution in [3.63, 3.8) is 0 Å². The Balaban J connectivity index is 1.51. The van der Waals surface area contributed by atoms with Gasteiger partial charge in [-0.05, 0) is 35.8 Å². The fourth-order valence-electron chi connectivity index (χ4n) is 5.57. The highest BCUT2D eigenvalue weighted by molar-refractivity contribution is 6.14. The Hall–Kier alpha value is -3.34. The number of ether oxygens (including phenoxy) is 1. The second-order valence-corrected chi connectivity index (χ2v) is 11.1. The number of allylic oxidation sites excluding steroid dienone is 1. The Bertz CT molecular complexity index is 1120. The zero-order valence-corrected chi connectivity index (χ0v) is 25.2. The van der Waals surface area contributed by atoms with E-state index >= 15 is 0 Å². The molecule has 0 saturated heterocycles. The second-order valence-electron chi connectivity index (χ2n) is 11.1. The lowest BCUT2D eigenvalue weighted by molar-refractivity contribution is -0.129. The van der Waals surface area contributed by atoms with E-state index in [1.54, 1.807) is 18.1 Å². The molecule has 3 rings (SSSR count). The van der Waals surface area contributed by atoms with E-state index in [2.05, 4.69) is 6.92 Å². The highest BCUT2D eigenvalue weighted by atomic mass is 16.5. The number of benzene rings is 2. The number of amides is 1. The van der Waals surface area contributed by atoms with Crippen molar-refractivity contribution < 1.29 is 19.4 Å². The van der Waals surface area contributed by atoms with Gasteiger partial charge in [0, 0.05) is 6.54 Å². The maximum absolute atomic E-state index is 13.3. The predicted octanol–water partition coefficient (Wildman–Crippen LogP) is 9.15. The van der Waals surface area contributed by atoms with Crippen LogP contribution in [0.25, 0.3) is 6.08 Å². The lowest BCUT2D eigenvalue weighted by atomic mass is 9.95. The molecule has 0 fully saturated rings. The highest BCUT2D eigenvalue weighted by Crippen LogP contribution is 2.38. The van der Waals surface area contributed by atoms with Crippen molar-refractivity contribution in [1.82, 2.24) is 4.90 Å². The molecule has 0 bridgehead atoms. The van der Waals surface area contributed by atoms with Crippen LogP contribution in [0.5, 0.6) is 5.75 Å². The van der Waals surface area contributed by atoms with E-state index in [1.165, 1.54) is 76.7 Å². The Morgan fingerprint density at radius 1 is 0.805 bits per heavy atom. The summed E-state index contributed by atoms with van der Waals surface area (Å²) in [6.45, 7) is 2.76. The van der Waals surface area contributed by atoms with Gasteiger partial charge in [0.2, 0.25) is 0 Å². The molecule has 5 nitrogen and oxygen atoms in total. The first kappa shape index (κ1) is 32.2. The van der Waals surface area contributed by atoms with Crippen LogP contribution in [0.15, 0.2) is 72.0 Å². The molecule has 1 aliphatic heterocycles. The average molecular weight is 560 g/mol. The SMILES string of the molecule is CCCCCCCCCCCCCCCCN1C(=O)C(O)=C(C(=O)/C=C/c2ccccc2)C1c1ccc(OC)cc1. The Morgan fingerprint density at radius 2 is 1.34 bits per heavy atom. The van der Waals surface area contributed by atoms with Crippen LogP contribution in [-0.4, -0.2) is 35.4 Å². The van der Waals surface area contributed by atoms with E-state index in [4.69, 9.17) is 4.74 Å². The van der Waals surface area contributed by atoms with Gasteiger partial charge in [-0.2, -0.15) is 0 Å². The number of rotatable bonds is 20. The van der Waals surface area contributed by atoms with Crippen LogP contribution >= 0.6 is 0 Å². The van der Waals surface area contributed by atoms with Crippen molar-refractivity contribution in [2.75, 3.05) is 13.7 Å². The summed E-state index contributed by atoms with van der Waals surface area (Å²) in [5.74, 6) is -0.582. The third-order valence-electron chi connectivity index (χ3n) is 7.98. The first-order chi connectivity index (χ1) is 20.1. The van der Waals surface area contributed by atoms with Crippen molar-refractivity contribution in [2.24, 2.45) is 0 Å². The molecule has 1 N–H and O–H groups in total. The van der Waals surface area contributed by atoms with Crippen molar-refractivity contribution in [3.05, 3.63) is 83.1 Å². The van der Waals surface area contributed by atoms with Crippen molar-refractivity contribution >= 4 is 17.8 Å². The normalized spacial score (nSPS) is 15.3. The molecular formula is C36H49NO4. The quantitative estimate of drug-likeness (QED) is 0.130. The van der Waals surface area contributed by atoms with Gasteiger partial charge in [0.05, 0.1) is 18.7 Å². The molecule has 0 spiro atoms. The third kappa shape index (κ3) is 10.2. The van der Waals surface area contributed by atoms with Crippen LogP contribution in [0.4, 0.5) is 0 Å². The van der Waals surface area contributed by atoms with Crippen LogP contribution in [0, 0.1) is 0 Å². The Morgan fingerprint density at radius 3 is 1.88 bits per heavy atom. The summed E-state index contributed by atoms with van der Waals surface area (Å²) in [5, 5.41) is 10.9. The van der Waals surface area contributed by atoms with Gasteiger partial charge in [-0.1, -0.05) is 139 Å². The molecular weight excluding hydrogens is 510 g/mol. The van der Waals surface area contributed by atoms with E-state index in [-0.39, 0.29) is 11.4 Å². The highest BCUT2D eigenvalue weighted by Gasteiger charge is 2.42. The fraction of sp³-hybridized carbons (Fsp3) is 0.500. The molecule has 0 radical (unpaired) electrons. The fourth-order valence-corrected chi connectivity index (χ4v) is 5.57. The van der Waals surface area contributed by atoms with Crippen LogP contribution in [0.3, 0.4) is 0 Å². The molecule has 222 valence electrons. The first-order valence-electron chi connectivity index (χ1n) is 15.7. The third-order valence-corrected chi connectivity index (χ3v) is 7.98. The van der Waals surface area contributed by atoms with Crippen LogP contribution < -0.4 is 4.74 Å². The Labute approximate surface area is 247 Å². The van der Waals surface area contributed by atoms with E-state index in [0.717, 1.165) is 30.4 Å². The first-order valence-corrected chi connectivity index (χ1v) is 15.7. The van der Waals surface area contributed by atoms with Crippen LogP contribution in [0.2, 0.25) is 0 Å². The predicted molar refractivity (Wildman–Crippen MR) is 168 cm³/mol. The van der Waals surface area contributed by atoms with Crippen molar-refractivity contribution in [1.29, 1.82) is 0 Å². The van der Waals surface area contributed by atoms with E-state index in [1.807, 2.05) is 54.6 Å². The lowest BCUT2D eigenvalue weighted by Crippen LogP contribution is -2.32. The van der Waals surface area contributed by atoms with Crippen molar-refractivity contribution in [2.45, 2.75) is 103 Å². The summed E-state index contributed by atoms with van der Waals surface area (Å²) in [6, 6.07) is 16.3. The van der Waals surface area contributed by atoms with Crippen molar-refractivity contribution in [3.8, 4) is 5.75 Å². The zero-order chi connectivity index (χ0) is 29.3. The number of hydrogen-bond donors (Lipinski definition) is 1. The summed E-state index contributed by atoms with van der Waals surface area (Å²) < 4.78 is 5.30. The number of hydrogen-bond acceptors (Lipinski definition) is 4. The Kier molecular flexibility index (Phi) is 14.3. The summed E-state index contributed by atoms with van der Waals surface area (Å²) in [5.41, 5.74) is 1.80. The standard InChI is InChI=1S/C36H49NO4/c1-3-4-5-6-7-8-9-10-11-12-13-14-15-19-28-37-34(30-23-25-31(41-2)26-24-30)33(35(39)36(37)40)32(38)27-22-29-20-17-16-18-21-29/h16-18,20-27,34,39H,3-15,19,28H2,1-2H3/b27-22+. The van der Waals surface area contributed by atoms with Gasteiger partial charge in [-0.15, -0.1) is 0 Å². The molecule has 1 unspecified atom stereocenters. The van der Waals surface area contributed by atoms with Crippen LogP contribution in [-0.2, 0) is 9.59 Å². The molecule has 41 heavy (non-hydrogen) atoms. The number of carbonyl (C=O) groups is 2. The van der Waals surface area contributed by atoms with E-state index in [0.29, 0.717) is 12.3 Å². The average Bonchev–Trinajstić information content (AvgIpc) is 3.25. The number of nitrogens with zero attached hydrogens (tertiary/aromatic N) is 1. The number of unbranched alkanes of at least 4 members (excludes halogenated alkanes) is 13.